The minimum Gasteiger partial charge on any atom is -0.481 e. The molecule has 1 fully saturated rings. The minimum absolute atomic E-state index is 0.0474. The lowest BCUT2D eigenvalue weighted by atomic mass is 9.57. The highest BCUT2D eigenvalue weighted by Gasteiger charge is 2.58. The molecule has 2 rings (SSSR count). The van der Waals surface area contributed by atoms with Crippen LogP contribution in [-0.4, -0.2) is 16.7 Å². The topological polar surface area (TPSA) is 37.3 Å². The number of carboxylic acid groups (broad SMARTS) is 1. The molecule has 1 saturated carbocycles. The van der Waals surface area contributed by atoms with Crippen molar-refractivity contribution in [3.05, 3.63) is 34.3 Å². The normalized spacial score (nSPS) is 33.2. The zero-order valence-corrected chi connectivity index (χ0v) is 10.4. The van der Waals surface area contributed by atoms with Gasteiger partial charge in [0.05, 0.1) is 5.41 Å². The first kappa shape index (κ1) is 11.6. The van der Waals surface area contributed by atoms with Gasteiger partial charge < -0.3 is 5.11 Å². The molecule has 1 aliphatic carbocycles. The minimum atomic E-state index is -1.36. The van der Waals surface area contributed by atoms with Crippen LogP contribution in [0, 0.1) is 0 Å². The van der Waals surface area contributed by atoms with Gasteiger partial charge in [0.1, 0.15) is 5.67 Å². The summed E-state index contributed by atoms with van der Waals surface area (Å²) in [6.07, 6.45) is 0.0948. The van der Waals surface area contributed by atoms with Gasteiger partial charge in [-0.1, -0.05) is 28.1 Å². The maximum atomic E-state index is 13.6. The van der Waals surface area contributed by atoms with Crippen LogP contribution in [0.3, 0.4) is 0 Å². The van der Waals surface area contributed by atoms with E-state index in [9.17, 15) is 14.3 Å². The fourth-order valence-corrected chi connectivity index (χ4v) is 2.87. The Hall–Kier alpha value is -0.900. The van der Waals surface area contributed by atoms with Crippen molar-refractivity contribution in [2.45, 2.75) is 30.8 Å². The Balaban J connectivity index is 2.40. The maximum Gasteiger partial charge on any atom is 0.314 e. The van der Waals surface area contributed by atoms with Gasteiger partial charge in [0.25, 0.3) is 0 Å². The Labute approximate surface area is 102 Å². The van der Waals surface area contributed by atoms with Crippen molar-refractivity contribution in [3.63, 3.8) is 0 Å². The van der Waals surface area contributed by atoms with Gasteiger partial charge in [-0.3, -0.25) is 4.79 Å². The van der Waals surface area contributed by atoms with Crippen LogP contribution in [0.15, 0.2) is 28.7 Å². The van der Waals surface area contributed by atoms with Crippen molar-refractivity contribution in [1.82, 2.24) is 0 Å². The highest BCUT2D eigenvalue weighted by atomic mass is 79.9. The van der Waals surface area contributed by atoms with E-state index in [0.29, 0.717) is 5.56 Å². The van der Waals surface area contributed by atoms with E-state index in [1.54, 1.807) is 18.2 Å². The molecule has 4 heteroatoms. The summed E-state index contributed by atoms with van der Waals surface area (Å²) in [6, 6.07) is 7.10. The Morgan fingerprint density at radius 1 is 1.50 bits per heavy atom. The average Bonchev–Trinajstić information content (AvgIpc) is 2.13. The predicted octanol–water partition coefficient (Wildman–Crippen LogP) is 3.29. The fraction of sp³-hybridized carbons (Fsp3) is 0.417. The summed E-state index contributed by atoms with van der Waals surface area (Å²) in [5.41, 5.74) is -1.74. The van der Waals surface area contributed by atoms with Gasteiger partial charge in [-0.25, -0.2) is 4.39 Å². The summed E-state index contributed by atoms with van der Waals surface area (Å²) < 4.78 is 14.4. The number of hydrogen-bond acceptors (Lipinski definition) is 1. The van der Waals surface area contributed by atoms with Crippen molar-refractivity contribution < 1.29 is 14.3 Å². The molecule has 1 aromatic rings. The van der Waals surface area contributed by atoms with Crippen molar-refractivity contribution in [3.8, 4) is 0 Å². The van der Waals surface area contributed by atoms with Gasteiger partial charge in [-0.2, -0.15) is 0 Å². The second kappa shape index (κ2) is 3.55. The third kappa shape index (κ3) is 1.75. The van der Waals surface area contributed by atoms with E-state index in [0.717, 1.165) is 4.47 Å². The quantitative estimate of drug-likeness (QED) is 0.906. The molecule has 0 radical (unpaired) electrons. The first-order valence-electron chi connectivity index (χ1n) is 5.04. The lowest BCUT2D eigenvalue weighted by molar-refractivity contribution is -0.155. The summed E-state index contributed by atoms with van der Waals surface area (Å²) in [7, 11) is 0. The Bertz CT molecular complexity index is 434. The van der Waals surface area contributed by atoms with E-state index in [4.69, 9.17) is 0 Å². The molecule has 0 amide bonds. The fourth-order valence-electron chi connectivity index (χ4n) is 2.47. The van der Waals surface area contributed by atoms with E-state index in [1.165, 1.54) is 6.92 Å². The van der Waals surface area contributed by atoms with Crippen LogP contribution >= 0.6 is 15.9 Å². The molecule has 16 heavy (non-hydrogen) atoms. The zero-order chi connectivity index (χ0) is 12.0. The van der Waals surface area contributed by atoms with Crippen LogP contribution in [0.1, 0.15) is 25.3 Å². The number of carbonyl (C=O) groups is 1. The molecule has 0 heterocycles. The smallest absolute Gasteiger partial charge is 0.314 e. The van der Waals surface area contributed by atoms with Crippen molar-refractivity contribution in [1.29, 1.82) is 0 Å². The number of hydrogen-bond donors (Lipinski definition) is 1. The summed E-state index contributed by atoms with van der Waals surface area (Å²) >= 11 is 3.30. The first-order chi connectivity index (χ1) is 7.36. The number of carboxylic acids is 1. The van der Waals surface area contributed by atoms with Crippen LogP contribution in [-0.2, 0) is 10.2 Å². The standard InChI is InChI=1S/C12H12BrFO2/c1-11(14)6-12(7-11,10(15)16)8-3-2-4-9(13)5-8/h2-5H,6-7H2,1H3,(H,15,16). The average molecular weight is 287 g/mol. The molecule has 0 unspecified atom stereocenters. The number of halogens is 2. The molecule has 0 spiro atoms. The number of benzene rings is 1. The van der Waals surface area contributed by atoms with Crippen LogP contribution < -0.4 is 0 Å². The zero-order valence-electron chi connectivity index (χ0n) is 8.84. The third-order valence-electron chi connectivity index (χ3n) is 3.13. The summed E-state index contributed by atoms with van der Waals surface area (Å²) in [4.78, 5) is 11.3. The Kier molecular flexibility index (Phi) is 2.57. The van der Waals surface area contributed by atoms with E-state index < -0.39 is 17.1 Å². The molecular weight excluding hydrogens is 275 g/mol. The monoisotopic (exact) mass is 286 g/mol. The molecule has 0 aromatic heterocycles. The molecule has 0 atom stereocenters. The maximum absolute atomic E-state index is 13.6. The highest BCUT2D eigenvalue weighted by Crippen LogP contribution is 2.52. The van der Waals surface area contributed by atoms with Gasteiger partial charge in [-0.05, 0) is 24.6 Å². The Morgan fingerprint density at radius 3 is 2.56 bits per heavy atom. The second-order valence-electron chi connectivity index (χ2n) is 4.66. The molecule has 0 bridgehead atoms. The van der Waals surface area contributed by atoms with Crippen LogP contribution in [0.4, 0.5) is 4.39 Å². The van der Waals surface area contributed by atoms with Gasteiger partial charge in [0.15, 0.2) is 0 Å². The van der Waals surface area contributed by atoms with Gasteiger partial charge in [0, 0.05) is 17.3 Å². The second-order valence-corrected chi connectivity index (χ2v) is 5.58. The SMILES string of the molecule is CC1(F)CC(C(=O)O)(c2cccc(Br)c2)C1. The highest BCUT2D eigenvalue weighted by molar-refractivity contribution is 9.10. The molecule has 1 aromatic carbocycles. The molecule has 1 N–H and O–H groups in total. The van der Waals surface area contributed by atoms with Gasteiger partial charge >= 0.3 is 5.97 Å². The molecule has 86 valence electrons. The van der Waals surface area contributed by atoms with E-state index in [-0.39, 0.29) is 12.8 Å². The molecule has 2 nitrogen and oxygen atoms in total. The summed E-state index contributed by atoms with van der Waals surface area (Å²) in [6.45, 7) is 1.45. The van der Waals surface area contributed by atoms with Gasteiger partial charge in [0.2, 0.25) is 0 Å². The van der Waals surface area contributed by atoms with Gasteiger partial charge in [-0.15, -0.1) is 0 Å². The third-order valence-corrected chi connectivity index (χ3v) is 3.62. The lowest BCUT2D eigenvalue weighted by Gasteiger charge is -2.47. The van der Waals surface area contributed by atoms with Crippen LogP contribution in [0.25, 0.3) is 0 Å². The van der Waals surface area contributed by atoms with E-state index in [1.807, 2.05) is 6.07 Å². The first-order valence-corrected chi connectivity index (χ1v) is 5.83. The molecule has 1 aliphatic rings. The summed E-state index contributed by atoms with van der Waals surface area (Å²) in [5.74, 6) is -0.944. The molecule has 0 aliphatic heterocycles. The molecule has 0 saturated heterocycles. The molecular formula is C12H12BrFO2. The van der Waals surface area contributed by atoms with Crippen LogP contribution in [0.2, 0.25) is 0 Å². The van der Waals surface area contributed by atoms with E-state index in [2.05, 4.69) is 15.9 Å². The lowest BCUT2D eigenvalue weighted by Crippen LogP contribution is -2.55. The van der Waals surface area contributed by atoms with Crippen molar-refractivity contribution >= 4 is 21.9 Å². The number of aliphatic carboxylic acids is 1. The predicted molar refractivity (Wildman–Crippen MR) is 62.2 cm³/mol. The van der Waals surface area contributed by atoms with Crippen LogP contribution in [0.5, 0.6) is 0 Å². The van der Waals surface area contributed by atoms with E-state index >= 15 is 0 Å². The van der Waals surface area contributed by atoms with Crippen molar-refractivity contribution in [2.75, 3.05) is 0 Å². The summed E-state index contributed by atoms with van der Waals surface area (Å²) in [5, 5.41) is 9.28. The number of rotatable bonds is 2. The largest absolute Gasteiger partial charge is 0.481 e. The Morgan fingerprint density at radius 2 is 2.12 bits per heavy atom. The van der Waals surface area contributed by atoms with Crippen molar-refractivity contribution in [2.24, 2.45) is 0 Å². The number of alkyl halides is 1.